The quantitative estimate of drug-likeness (QED) is 0.909. The van der Waals surface area contributed by atoms with E-state index in [1.807, 2.05) is 0 Å². The van der Waals surface area contributed by atoms with Crippen LogP contribution in [0.3, 0.4) is 0 Å². The molecule has 0 aliphatic heterocycles. The maximum Gasteiger partial charge on any atom is 0.337 e. The first-order valence-electron chi connectivity index (χ1n) is 5.60. The van der Waals surface area contributed by atoms with Gasteiger partial charge >= 0.3 is 5.97 Å². The zero-order chi connectivity index (χ0) is 13.8. The predicted molar refractivity (Wildman–Crippen MR) is 61.0 cm³/mol. The van der Waals surface area contributed by atoms with E-state index in [4.69, 9.17) is 5.11 Å². The Bertz CT molecular complexity index is 700. The monoisotopic (exact) mass is 267 g/mol. The molecule has 19 heavy (non-hydrogen) atoms. The Hall–Kier alpha value is -2.11. The molecule has 3 rings (SSSR count). The third kappa shape index (κ3) is 1.93. The normalized spacial score (nSPS) is 20.5. The molecule has 0 spiro atoms. The van der Waals surface area contributed by atoms with Crippen LogP contribution < -0.4 is 0 Å². The summed E-state index contributed by atoms with van der Waals surface area (Å²) in [6.07, 6.45) is -0.396. The van der Waals surface area contributed by atoms with E-state index in [0.717, 1.165) is 12.1 Å². The van der Waals surface area contributed by atoms with E-state index in [2.05, 4.69) is 4.98 Å². The first-order valence-corrected chi connectivity index (χ1v) is 5.60. The van der Waals surface area contributed by atoms with Crippen molar-refractivity contribution in [3.63, 3.8) is 0 Å². The van der Waals surface area contributed by atoms with Gasteiger partial charge in [0.15, 0.2) is 0 Å². The van der Waals surface area contributed by atoms with Gasteiger partial charge in [-0.05, 0) is 24.3 Å². The summed E-state index contributed by atoms with van der Waals surface area (Å²) >= 11 is 0. The van der Waals surface area contributed by atoms with E-state index in [-0.39, 0.29) is 16.6 Å². The van der Waals surface area contributed by atoms with Crippen LogP contribution in [0.15, 0.2) is 24.3 Å². The molecule has 3 nitrogen and oxygen atoms in total. The number of benzene rings is 1. The Balaban J connectivity index is 2.22. The minimum atomic E-state index is -2.90. The summed E-state index contributed by atoms with van der Waals surface area (Å²) in [6.45, 7) is 0. The number of carbonyl (C=O) groups is 1. The molecular formula is C13H8F3NO2. The molecular weight excluding hydrogens is 259 g/mol. The number of hydrogen-bond donors (Lipinski definition) is 1. The van der Waals surface area contributed by atoms with Crippen LogP contribution in [0.4, 0.5) is 13.2 Å². The van der Waals surface area contributed by atoms with Crippen molar-refractivity contribution in [3.05, 3.63) is 41.3 Å². The number of halogens is 3. The fourth-order valence-electron chi connectivity index (χ4n) is 2.11. The van der Waals surface area contributed by atoms with Crippen LogP contribution in [0.2, 0.25) is 0 Å². The lowest BCUT2D eigenvalue weighted by Gasteiger charge is -2.07. The lowest BCUT2D eigenvalue weighted by Crippen LogP contribution is -2.07. The predicted octanol–water partition coefficient (Wildman–Crippen LogP) is 3.19. The summed E-state index contributed by atoms with van der Waals surface area (Å²) in [4.78, 5) is 15.1. The molecule has 1 aliphatic carbocycles. The average Bonchev–Trinajstić information content (AvgIpc) is 2.96. The molecule has 1 saturated carbocycles. The number of carboxylic acid groups (broad SMARTS) is 1. The molecule has 0 radical (unpaired) electrons. The van der Waals surface area contributed by atoms with Gasteiger partial charge in [-0.25, -0.2) is 18.0 Å². The second-order valence-electron chi connectivity index (χ2n) is 4.58. The van der Waals surface area contributed by atoms with Crippen LogP contribution in [-0.4, -0.2) is 22.0 Å². The molecule has 1 aromatic carbocycles. The molecule has 1 N–H and O–H groups in total. The van der Waals surface area contributed by atoms with Gasteiger partial charge in [-0.15, -0.1) is 0 Å². The molecule has 0 bridgehead atoms. The van der Waals surface area contributed by atoms with E-state index in [1.165, 1.54) is 12.1 Å². The van der Waals surface area contributed by atoms with Crippen molar-refractivity contribution in [1.82, 2.24) is 4.98 Å². The lowest BCUT2D eigenvalue weighted by molar-refractivity contribution is 0.0694. The Morgan fingerprint density at radius 3 is 2.63 bits per heavy atom. The van der Waals surface area contributed by atoms with Crippen molar-refractivity contribution >= 4 is 16.9 Å². The van der Waals surface area contributed by atoms with Crippen LogP contribution in [0, 0.1) is 5.82 Å². The number of pyridine rings is 1. The van der Waals surface area contributed by atoms with Gasteiger partial charge in [0.1, 0.15) is 5.82 Å². The summed E-state index contributed by atoms with van der Waals surface area (Å²) in [5.74, 6) is -5.93. The van der Waals surface area contributed by atoms with Gasteiger partial charge in [-0.3, -0.25) is 4.98 Å². The molecule has 2 aromatic rings. The van der Waals surface area contributed by atoms with Gasteiger partial charge in [0, 0.05) is 11.8 Å². The van der Waals surface area contributed by atoms with Crippen molar-refractivity contribution in [2.45, 2.75) is 18.3 Å². The second kappa shape index (κ2) is 3.69. The number of rotatable bonds is 2. The molecule has 98 valence electrons. The van der Waals surface area contributed by atoms with E-state index < -0.39 is 30.0 Å². The summed E-state index contributed by atoms with van der Waals surface area (Å²) in [7, 11) is 0. The number of alkyl halides is 2. The summed E-state index contributed by atoms with van der Waals surface area (Å²) in [5.41, 5.74) is -0.110. The lowest BCUT2D eigenvalue weighted by atomic mass is 10.1. The molecule has 0 saturated heterocycles. The summed E-state index contributed by atoms with van der Waals surface area (Å²) < 4.78 is 39.3. The molecule has 1 atom stereocenters. The topological polar surface area (TPSA) is 50.2 Å². The minimum absolute atomic E-state index is 0.128. The van der Waals surface area contributed by atoms with Gasteiger partial charge in [-0.2, -0.15) is 0 Å². The van der Waals surface area contributed by atoms with Crippen LogP contribution in [0.25, 0.3) is 10.9 Å². The number of fused-ring (bicyclic) bond motifs is 1. The molecule has 1 fully saturated rings. The van der Waals surface area contributed by atoms with E-state index >= 15 is 0 Å². The maximum absolute atomic E-state index is 13.1. The third-order valence-electron chi connectivity index (χ3n) is 3.19. The van der Waals surface area contributed by atoms with Gasteiger partial charge in [0.25, 0.3) is 5.92 Å². The van der Waals surface area contributed by atoms with Crippen LogP contribution >= 0.6 is 0 Å². The highest BCUT2D eigenvalue weighted by atomic mass is 19.3. The largest absolute Gasteiger partial charge is 0.478 e. The van der Waals surface area contributed by atoms with Gasteiger partial charge in [-0.1, -0.05) is 0 Å². The van der Waals surface area contributed by atoms with E-state index in [1.54, 1.807) is 0 Å². The Kier molecular flexibility index (Phi) is 2.32. The molecule has 1 unspecified atom stereocenters. The van der Waals surface area contributed by atoms with Crippen LogP contribution in [0.1, 0.15) is 28.4 Å². The van der Waals surface area contributed by atoms with Crippen molar-refractivity contribution < 1.29 is 23.1 Å². The van der Waals surface area contributed by atoms with E-state index in [0.29, 0.717) is 5.52 Å². The SMILES string of the molecule is O=C(O)c1cc2cc(F)ccc2nc1C1CC1(F)F. The zero-order valence-corrected chi connectivity index (χ0v) is 9.53. The third-order valence-corrected chi connectivity index (χ3v) is 3.19. The van der Waals surface area contributed by atoms with Crippen molar-refractivity contribution in [3.8, 4) is 0 Å². The van der Waals surface area contributed by atoms with Crippen molar-refractivity contribution in [2.24, 2.45) is 0 Å². The van der Waals surface area contributed by atoms with Gasteiger partial charge in [0.2, 0.25) is 0 Å². The van der Waals surface area contributed by atoms with Crippen LogP contribution in [0.5, 0.6) is 0 Å². The number of aromatic nitrogens is 1. The Labute approximate surface area is 105 Å². The molecule has 6 heteroatoms. The summed E-state index contributed by atoms with van der Waals surface area (Å²) in [5, 5.41) is 9.35. The highest BCUT2D eigenvalue weighted by molar-refractivity contribution is 5.94. The minimum Gasteiger partial charge on any atom is -0.478 e. The number of aromatic carboxylic acids is 1. The molecule has 1 heterocycles. The van der Waals surface area contributed by atoms with Crippen molar-refractivity contribution in [2.75, 3.05) is 0 Å². The van der Waals surface area contributed by atoms with E-state index in [9.17, 15) is 18.0 Å². The standard InChI is InChI=1S/C13H8F3NO2/c14-7-1-2-10-6(3-7)4-8(12(18)19)11(17-10)9-5-13(9,15)16/h1-4,9H,5H2,(H,18,19). The molecule has 1 aromatic heterocycles. The highest BCUT2D eigenvalue weighted by Crippen LogP contribution is 2.56. The fraction of sp³-hybridized carbons (Fsp3) is 0.231. The smallest absolute Gasteiger partial charge is 0.337 e. The number of nitrogens with zero attached hydrogens (tertiary/aromatic N) is 1. The Morgan fingerprint density at radius 2 is 2.05 bits per heavy atom. The van der Waals surface area contributed by atoms with Crippen LogP contribution in [-0.2, 0) is 0 Å². The van der Waals surface area contributed by atoms with Gasteiger partial charge < -0.3 is 5.11 Å². The first-order chi connectivity index (χ1) is 8.88. The molecule has 0 amide bonds. The fourth-order valence-corrected chi connectivity index (χ4v) is 2.11. The number of carboxylic acids is 1. The zero-order valence-electron chi connectivity index (χ0n) is 9.53. The first kappa shape index (κ1) is 12.0. The molecule has 1 aliphatic rings. The maximum atomic E-state index is 13.1. The van der Waals surface area contributed by atoms with Crippen molar-refractivity contribution in [1.29, 1.82) is 0 Å². The average molecular weight is 267 g/mol. The number of hydrogen-bond acceptors (Lipinski definition) is 2. The summed E-state index contributed by atoms with van der Waals surface area (Å²) in [6, 6.07) is 4.83. The van der Waals surface area contributed by atoms with Gasteiger partial charge in [0.05, 0.1) is 22.7 Å². The Morgan fingerprint density at radius 1 is 1.37 bits per heavy atom. The second-order valence-corrected chi connectivity index (χ2v) is 4.58. The highest BCUT2D eigenvalue weighted by Gasteiger charge is 2.59.